The first-order chi connectivity index (χ1) is 18.7. The second-order valence-electron chi connectivity index (χ2n) is 8.11. The summed E-state index contributed by atoms with van der Waals surface area (Å²) in [6.07, 6.45) is 0. The molecule has 10 nitrogen and oxygen atoms in total. The van der Waals surface area contributed by atoms with Crippen molar-refractivity contribution >= 4 is 45.7 Å². The lowest BCUT2D eigenvalue weighted by molar-refractivity contribution is 0.989. The van der Waals surface area contributed by atoms with E-state index in [1.165, 1.54) is 12.1 Å². The van der Waals surface area contributed by atoms with Crippen LogP contribution in [-0.4, -0.2) is 19.9 Å². The molecule has 0 bridgehead atoms. The average molecular weight is 488 g/mol. The molecule has 1 aliphatic rings. The molecule has 6 rings (SSSR count). The minimum atomic E-state index is -0.122. The molecule has 0 amide bonds. The number of hydrogen-bond donors (Lipinski definition) is 0. The first kappa shape index (κ1) is 22.1. The SMILES string of the molecule is N#Cc1cc2nc3c(nc2cc1C#N)N(c1ccccc1)c1nc(C#N)c(C#N)nc1N3c1ccccc1. The second kappa shape index (κ2) is 8.70. The van der Waals surface area contributed by atoms with E-state index in [1.807, 2.05) is 84.9 Å². The molecule has 2 aromatic heterocycles. The van der Waals surface area contributed by atoms with Crippen molar-refractivity contribution in [2.24, 2.45) is 0 Å². The Labute approximate surface area is 216 Å². The third-order valence-electron chi connectivity index (χ3n) is 5.96. The zero-order valence-electron chi connectivity index (χ0n) is 19.4. The highest BCUT2D eigenvalue weighted by atomic mass is 15.4. The summed E-state index contributed by atoms with van der Waals surface area (Å²) >= 11 is 0. The molecule has 0 aliphatic carbocycles. The van der Waals surface area contributed by atoms with Gasteiger partial charge in [-0.1, -0.05) is 36.4 Å². The lowest BCUT2D eigenvalue weighted by Gasteiger charge is -2.36. The molecule has 0 saturated heterocycles. The number of nitrogens with zero attached hydrogens (tertiary/aromatic N) is 10. The summed E-state index contributed by atoms with van der Waals surface area (Å²) in [5.74, 6) is 1.31. The molecule has 1 aliphatic heterocycles. The molecule has 3 aromatic carbocycles. The third-order valence-corrected chi connectivity index (χ3v) is 5.96. The van der Waals surface area contributed by atoms with Gasteiger partial charge in [0.1, 0.15) is 24.3 Å². The van der Waals surface area contributed by atoms with Crippen LogP contribution in [0.4, 0.5) is 34.6 Å². The molecule has 0 spiro atoms. The molecule has 0 atom stereocenters. The topological polar surface area (TPSA) is 153 Å². The van der Waals surface area contributed by atoms with E-state index in [0.717, 1.165) is 0 Å². The number of para-hydroxylation sites is 2. The van der Waals surface area contributed by atoms with Gasteiger partial charge in [0.15, 0.2) is 34.7 Å². The lowest BCUT2D eigenvalue weighted by Crippen LogP contribution is -2.28. The van der Waals surface area contributed by atoms with Crippen LogP contribution in [0.15, 0.2) is 72.8 Å². The number of benzene rings is 3. The van der Waals surface area contributed by atoms with Crippen LogP contribution in [0.3, 0.4) is 0 Å². The fraction of sp³-hybridized carbons (Fsp3) is 0. The van der Waals surface area contributed by atoms with E-state index >= 15 is 0 Å². The summed E-state index contributed by atoms with van der Waals surface area (Å²) in [4.78, 5) is 22.3. The highest BCUT2D eigenvalue weighted by molar-refractivity contribution is 5.98. The van der Waals surface area contributed by atoms with E-state index in [0.29, 0.717) is 34.0 Å². The van der Waals surface area contributed by atoms with Gasteiger partial charge in [-0.25, -0.2) is 19.9 Å². The second-order valence-corrected chi connectivity index (χ2v) is 8.11. The predicted molar refractivity (Wildman–Crippen MR) is 137 cm³/mol. The molecule has 0 unspecified atom stereocenters. The molecule has 10 heteroatoms. The lowest BCUT2D eigenvalue weighted by atomic mass is 10.1. The highest BCUT2D eigenvalue weighted by Gasteiger charge is 2.37. The quantitative estimate of drug-likeness (QED) is 0.319. The van der Waals surface area contributed by atoms with Gasteiger partial charge in [-0.3, -0.25) is 9.80 Å². The smallest absolute Gasteiger partial charge is 0.184 e. The van der Waals surface area contributed by atoms with Crippen molar-refractivity contribution in [3.63, 3.8) is 0 Å². The van der Waals surface area contributed by atoms with Crippen molar-refractivity contribution in [3.8, 4) is 24.3 Å². The van der Waals surface area contributed by atoms with E-state index in [-0.39, 0.29) is 34.2 Å². The summed E-state index contributed by atoms with van der Waals surface area (Å²) in [7, 11) is 0. The van der Waals surface area contributed by atoms with Crippen LogP contribution in [0.1, 0.15) is 22.5 Å². The maximum Gasteiger partial charge on any atom is 0.184 e. The summed E-state index contributed by atoms with van der Waals surface area (Å²) < 4.78 is 0. The number of anilines is 6. The minimum Gasteiger partial charge on any atom is -0.273 e. The van der Waals surface area contributed by atoms with E-state index in [9.17, 15) is 21.0 Å². The van der Waals surface area contributed by atoms with Crippen LogP contribution in [-0.2, 0) is 0 Å². The van der Waals surface area contributed by atoms with Crippen molar-refractivity contribution in [2.75, 3.05) is 9.80 Å². The minimum absolute atomic E-state index is 0.122. The Hall–Kier alpha value is -6.36. The average Bonchev–Trinajstić information content (AvgIpc) is 2.98. The Kier molecular flexibility index (Phi) is 5.06. The zero-order chi connectivity index (χ0) is 26.2. The largest absolute Gasteiger partial charge is 0.273 e. The monoisotopic (exact) mass is 488 g/mol. The van der Waals surface area contributed by atoms with Gasteiger partial charge in [0.25, 0.3) is 0 Å². The molecule has 0 saturated carbocycles. The molecule has 38 heavy (non-hydrogen) atoms. The fourth-order valence-electron chi connectivity index (χ4n) is 4.29. The third kappa shape index (κ3) is 3.31. The normalized spacial score (nSPS) is 11.5. The standard InChI is InChI=1S/C28H12N10/c29-13-17-11-21-22(12-18(17)14-30)34-26-25(33-21)37(19-7-3-1-4-8-19)27-28(36-24(16-32)23(15-31)35-27)38(26)20-9-5-2-6-10-20/h1-12H. The van der Waals surface area contributed by atoms with Crippen LogP contribution >= 0.6 is 0 Å². The maximum atomic E-state index is 9.71. The van der Waals surface area contributed by atoms with Gasteiger partial charge >= 0.3 is 0 Å². The molecular formula is C28H12N10. The van der Waals surface area contributed by atoms with Gasteiger partial charge in [-0.05, 0) is 36.4 Å². The Balaban J connectivity index is 1.76. The van der Waals surface area contributed by atoms with Crippen molar-refractivity contribution < 1.29 is 0 Å². The van der Waals surface area contributed by atoms with Gasteiger partial charge in [-0.15, -0.1) is 0 Å². The molecule has 0 N–H and O–H groups in total. The van der Waals surface area contributed by atoms with Crippen LogP contribution in [0, 0.1) is 45.3 Å². The van der Waals surface area contributed by atoms with E-state index in [2.05, 4.69) is 9.97 Å². The Morgan fingerprint density at radius 3 is 1.18 bits per heavy atom. The number of aromatic nitrogens is 4. The van der Waals surface area contributed by atoms with Crippen molar-refractivity contribution in [1.29, 1.82) is 21.0 Å². The van der Waals surface area contributed by atoms with Crippen molar-refractivity contribution in [2.45, 2.75) is 0 Å². The molecule has 3 heterocycles. The fourth-order valence-corrected chi connectivity index (χ4v) is 4.29. The molecule has 5 aromatic rings. The first-order valence-electron chi connectivity index (χ1n) is 11.3. The van der Waals surface area contributed by atoms with Gasteiger partial charge in [0.05, 0.1) is 22.2 Å². The van der Waals surface area contributed by atoms with Crippen molar-refractivity contribution in [1.82, 2.24) is 19.9 Å². The van der Waals surface area contributed by atoms with Crippen LogP contribution in [0.2, 0.25) is 0 Å². The maximum absolute atomic E-state index is 9.71. The zero-order valence-corrected chi connectivity index (χ0v) is 19.4. The Morgan fingerprint density at radius 1 is 0.474 bits per heavy atom. The highest BCUT2D eigenvalue weighted by Crippen LogP contribution is 2.51. The van der Waals surface area contributed by atoms with Crippen LogP contribution in [0.25, 0.3) is 11.0 Å². The van der Waals surface area contributed by atoms with Crippen molar-refractivity contribution in [3.05, 3.63) is 95.3 Å². The van der Waals surface area contributed by atoms with Gasteiger partial charge in [0, 0.05) is 11.4 Å². The summed E-state index contributed by atoms with van der Waals surface area (Å²) in [6.45, 7) is 0. The van der Waals surface area contributed by atoms with Gasteiger partial charge in [0.2, 0.25) is 0 Å². The Bertz CT molecular complexity index is 1780. The molecule has 0 fully saturated rings. The number of nitriles is 4. The summed E-state index contributed by atoms with van der Waals surface area (Å²) in [6, 6.07) is 29.6. The van der Waals surface area contributed by atoms with E-state index < -0.39 is 0 Å². The van der Waals surface area contributed by atoms with E-state index in [4.69, 9.17) is 9.97 Å². The molecular weight excluding hydrogens is 476 g/mol. The number of fused-ring (bicyclic) bond motifs is 3. The molecule has 0 radical (unpaired) electrons. The summed E-state index contributed by atoms with van der Waals surface area (Å²) in [5, 5.41) is 38.6. The van der Waals surface area contributed by atoms with Crippen LogP contribution in [0.5, 0.6) is 0 Å². The summed E-state index contributed by atoms with van der Waals surface area (Å²) in [5.41, 5.74) is 2.27. The van der Waals surface area contributed by atoms with Gasteiger partial charge in [-0.2, -0.15) is 21.0 Å². The number of hydrogen-bond acceptors (Lipinski definition) is 10. The van der Waals surface area contributed by atoms with E-state index in [1.54, 1.807) is 9.80 Å². The molecule has 174 valence electrons. The van der Waals surface area contributed by atoms with Gasteiger partial charge < -0.3 is 0 Å². The number of rotatable bonds is 2. The Morgan fingerprint density at radius 2 is 0.842 bits per heavy atom. The first-order valence-corrected chi connectivity index (χ1v) is 11.3. The van der Waals surface area contributed by atoms with Crippen LogP contribution < -0.4 is 9.80 Å². The predicted octanol–water partition coefficient (Wildman–Crippen LogP) is 5.16.